The maximum Gasteiger partial charge on any atom is 0.258 e. The van der Waals surface area contributed by atoms with E-state index in [4.69, 9.17) is 8.94 Å². The third kappa shape index (κ3) is 2.01. The molecule has 0 aliphatic rings. The highest BCUT2D eigenvalue weighted by Gasteiger charge is 2.12. The topological polar surface area (TPSA) is 52.1 Å². The Kier molecular flexibility index (Phi) is 2.60. The van der Waals surface area contributed by atoms with Gasteiger partial charge in [0, 0.05) is 16.5 Å². The smallest absolute Gasteiger partial charge is 0.258 e. The van der Waals surface area contributed by atoms with E-state index in [-0.39, 0.29) is 0 Å². The first kappa shape index (κ1) is 11.9. The molecule has 0 unspecified atom stereocenters. The standard InChI is InChI=1S/C17H12N2O2/c1-11-4-2-3-5-14(11)16-18-17(21-19-16)13-6-7-15-12(10-13)8-9-20-15/h2-10H,1H3. The van der Waals surface area contributed by atoms with Crippen molar-refractivity contribution in [2.75, 3.05) is 0 Å². The van der Waals surface area contributed by atoms with E-state index in [1.54, 1.807) is 6.26 Å². The monoisotopic (exact) mass is 276 g/mol. The van der Waals surface area contributed by atoms with E-state index in [0.29, 0.717) is 11.7 Å². The summed E-state index contributed by atoms with van der Waals surface area (Å²) in [5, 5.41) is 5.10. The molecule has 0 amide bonds. The lowest BCUT2D eigenvalue weighted by Crippen LogP contribution is -1.84. The molecule has 102 valence electrons. The van der Waals surface area contributed by atoms with Gasteiger partial charge in [-0.15, -0.1) is 0 Å². The van der Waals surface area contributed by atoms with E-state index in [0.717, 1.165) is 27.7 Å². The van der Waals surface area contributed by atoms with Gasteiger partial charge in [-0.2, -0.15) is 4.98 Å². The summed E-state index contributed by atoms with van der Waals surface area (Å²) in [5.74, 6) is 1.12. The average molecular weight is 276 g/mol. The molecule has 4 nitrogen and oxygen atoms in total. The quantitative estimate of drug-likeness (QED) is 0.542. The van der Waals surface area contributed by atoms with Crippen LogP contribution in [0.4, 0.5) is 0 Å². The summed E-state index contributed by atoms with van der Waals surface area (Å²) >= 11 is 0. The second kappa shape index (κ2) is 4.59. The highest BCUT2D eigenvalue weighted by atomic mass is 16.5. The lowest BCUT2D eigenvalue weighted by atomic mass is 10.1. The Morgan fingerprint density at radius 1 is 1.00 bits per heavy atom. The van der Waals surface area contributed by atoms with Crippen molar-refractivity contribution >= 4 is 11.0 Å². The third-order valence-corrected chi connectivity index (χ3v) is 3.51. The fourth-order valence-corrected chi connectivity index (χ4v) is 2.37. The van der Waals surface area contributed by atoms with Gasteiger partial charge in [0.15, 0.2) is 0 Å². The first-order valence-corrected chi connectivity index (χ1v) is 6.68. The van der Waals surface area contributed by atoms with Gasteiger partial charge in [-0.25, -0.2) is 0 Å². The van der Waals surface area contributed by atoms with Crippen molar-refractivity contribution in [1.29, 1.82) is 0 Å². The van der Waals surface area contributed by atoms with Gasteiger partial charge in [0.2, 0.25) is 5.82 Å². The molecular weight excluding hydrogens is 264 g/mol. The highest BCUT2D eigenvalue weighted by Crippen LogP contribution is 2.27. The molecule has 4 rings (SSSR count). The summed E-state index contributed by atoms with van der Waals surface area (Å²) in [6.07, 6.45) is 1.67. The molecule has 0 atom stereocenters. The number of fused-ring (bicyclic) bond motifs is 1. The summed E-state index contributed by atoms with van der Waals surface area (Å²) in [7, 11) is 0. The van der Waals surface area contributed by atoms with Gasteiger partial charge in [0.1, 0.15) is 5.58 Å². The molecule has 0 saturated carbocycles. The van der Waals surface area contributed by atoms with Crippen LogP contribution in [0.15, 0.2) is 63.7 Å². The van der Waals surface area contributed by atoms with Crippen LogP contribution >= 0.6 is 0 Å². The van der Waals surface area contributed by atoms with Crippen molar-refractivity contribution < 1.29 is 8.94 Å². The zero-order valence-electron chi connectivity index (χ0n) is 11.4. The summed E-state index contributed by atoms with van der Waals surface area (Å²) in [5.41, 5.74) is 3.83. The molecule has 2 aromatic carbocycles. The zero-order chi connectivity index (χ0) is 14.2. The van der Waals surface area contributed by atoms with Crippen LogP contribution in [0.2, 0.25) is 0 Å². The van der Waals surface area contributed by atoms with E-state index >= 15 is 0 Å². The summed E-state index contributed by atoms with van der Waals surface area (Å²) in [6, 6.07) is 15.7. The Labute approximate surface area is 121 Å². The Morgan fingerprint density at radius 3 is 2.81 bits per heavy atom. The largest absolute Gasteiger partial charge is 0.464 e. The third-order valence-electron chi connectivity index (χ3n) is 3.51. The minimum Gasteiger partial charge on any atom is -0.464 e. The molecule has 4 heteroatoms. The number of hydrogen-bond donors (Lipinski definition) is 0. The highest BCUT2D eigenvalue weighted by molar-refractivity contribution is 5.82. The van der Waals surface area contributed by atoms with Gasteiger partial charge in [-0.05, 0) is 36.8 Å². The number of rotatable bonds is 2. The van der Waals surface area contributed by atoms with Crippen molar-refractivity contribution in [3.05, 3.63) is 60.4 Å². The van der Waals surface area contributed by atoms with Crippen LogP contribution in [0.3, 0.4) is 0 Å². The predicted octanol–water partition coefficient (Wildman–Crippen LogP) is 4.46. The molecule has 2 aromatic heterocycles. The number of nitrogens with zero attached hydrogens (tertiary/aromatic N) is 2. The van der Waals surface area contributed by atoms with E-state index in [2.05, 4.69) is 10.1 Å². The van der Waals surface area contributed by atoms with Gasteiger partial charge in [-0.1, -0.05) is 29.4 Å². The molecule has 0 saturated heterocycles. The van der Waals surface area contributed by atoms with Gasteiger partial charge in [0.05, 0.1) is 6.26 Å². The summed E-state index contributed by atoms with van der Waals surface area (Å²) in [4.78, 5) is 4.49. The van der Waals surface area contributed by atoms with Crippen molar-refractivity contribution in [1.82, 2.24) is 10.1 Å². The van der Waals surface area contributed by atoms with Gasteiger partial charge >= 0.3 is 0 Å². The van der Waals surface area contributed by atoms with Crippen LogP contribution in [-0.2, 0) is 0 Å². The Balaban J connectivity index is 1.78. The SMILES string of the molecule is Cc1ccccc1-c1noc(-c2ccc3occc3c2)n1. The first-order valence-electron chi connectivity index (χ1n) is 6.68. The second-order valence-electron chi connectivity index (χ2n) is 4.91. The molecule has 0 spiro atoms. The summed E-state index contributed by atoms with van der Waals surface area (Å²) < 4.78 is 10.7. The van der Waals surface area contributed by atoms with Crippen molar-refractivity contribution in [2.24, 2.45) is 0 Å². The van der Waals surface area contributed by atoms with Gasteiger partial charge < -0.3 is 8.94 Å². The maximum atomic E-state index is 5.39. The number of furan rings is 1. The molecular formula is C17H12N2O2. The van der Waals surface area contributed by atoms with Crippen molar-refractivity contribution in [2.45, 2.75) is 6.92 Å². The van der Waals surface area contributed by atoms with Crippen LogP contribution in [0.5, 0.6) is 0 Å². The molecule has 0 fully saturated rings. The molecule has 0 aliphatic heterocycles. The molecule has 21 heavy (non-hydrogen) atoms. The molecule has 4 aromatic rings. The first-order chi connectivity index (χ1) is 10.3. The van der Waals surface area contributed by atoms with Crippen LogP contribution in [0.1, 0.15) is 5.56 Å². The van der Waals surface area contributed by atoms with E-state index in [1.807, 2.05) is 55.5 Å². The van der Waals surface area contributed by atoms with Crippen molar-refractivity contribution in [3.8, 4) is 22.8 Å². The van der Waals surface area contributed by atoms with E-state index < -0.39 is 0 Å². The minimum absolute atomic E-state index is 0.511. The fraction of sp³-hybridized carbons (Fsp3) is 0.0588. The second-order valence-corrected chi connectivity index (χ2v) is 4.91. The lowest BCUT2D eigenvalue weighted by Gasteiger charge is -1.98. The predicted molar refractivity (Wildman–Crippen MR) is 79.7 cm³/mol. The summed E-state index contributed by atoms with van der Waals surface area (Å²) in [6.45, 7) is 2.03. The number of benzene rings is 2. The van der Waals surface area contributed by atoms with Crippen LogP contribution in [0, 0.1) is 6.92 Å². The molecule has 0 radical (unpaired) electrons. The fourth-order valence-electron chi connectivity index (χ4n) is 2.37. The number of aryl methyl sites for hydroxylation is 1. The number of aromatic nitrogens is 2. The van der Waals surface area contributed by atoms with Gasteiger partial charge in [0.25, 0.3) is 5.89 Å². The van der Waals surface area contributed by atoms with E-state index in [9.17, 15) is 0 Å². The Bertz CT molecular complexity index is 921. The Morgan fingerprint density at radius 2 is 1.90 bits per heavy atom. The zero-order valence-corrected chi connectivity index (χ0v) is 11.4. The molecule has 0 aliphatic carbocycles. The normalized spacial score (nSPS) is 11.1. The van der Waals surface area contributed by atoms with Crippen LogP contribution in [0.25, 0.3) is 33.8 Å². The number of hydrogen-bond acceptors (Lipinski definition) is 4. The maximum absolute atomic E-state index is 5.39. The average Bonchev–Trinajstić information content (AvgIpc) is 3.16. The molecule has 0 N–H and O–H groups in total. The van der Waals surface area contributed by atoms with Crippen molar-refractivity contribution in [3.63, 3.8) is 0 Å². The molecule has 2 heterocycles. The molecule has 0 bridgehead atoms. The van der Waals surface area contributed by atoms with Crippen LogP contribution < -0.4 is 0 Å². The Hall–Kier alpha value is -2.88. The minimum atomic E-state index is 0.511. The lowest BCUT2D eigenvalue weighted by molar-refractivity contribution is 0.432. The van der Waals surface area contributed by atoms with Crippen LogP contribution in [-0.4, -0.2) is 10.1 Å². The van der Waals surface area contributed by atoms with E-state index in [1.165, 1.54) is 0 Å². The van der Waals surface area contributed by atoms with Gasteiger partial charge in [-0.3, -0.25) is 0 Å².